The molecule has 1 heterocycles. The number of methoxy groups -OCH3 is 1. The first-order valence-corrected chi connectivity index (χ1v) is 11.4. The van der Waals surface area contributed by atoms with E-state index in [1.54, 1.807) is 13.2 Å². The number of benzene rings is 3. The molecule has 1 aliphatic rings. The highest BCUT2D eigenvalue weighted by molar-refractivity contribution is 6.09. The zero-order valence-corrected chi connectivity index (χ0v) is 19.6. The lowest BCUT2D eigenvalue weighted by molar-refractivity contribution is -0.148. The van der Waals surface area contributed by atoms with Gasteiger partial charge in [-0.3, -0.25) is 4.79 Å². The molecule has 182 valence electrons. The molecule has 0 radical (unpaired) electrons. The first-order chi connectivity index (χ1) is 17.5. The Balaban J connectivity index is 1.57. The molecule has 2 amide bonds. The van der Waals surface area contributed by atoms with Gasteiger partial charge in [-0.1, -0.05) is 48.5 Å². The van der Waals surface area contributed by atoms with Gasteiger partial charge < -0.3 is 14.8 Å². The summed E-state index contributed by atoms with van der Waals surface area (Å²) in [5, 5.41) is 11.9. The van der Waals surface area contributed by atoms with Crippen LogP contribution >= 0.6 is 0 Å². The topological polar surface area (TPSA) is 101 Å². The Bertz CT molecular complexity index is 1320. The van der Waals surface area contributed by atoms with E-state index in [0.29, 0.717) is 24.1 Å². The van der Waals surface area contributed by atoms with Crippen molar-refractivity contribution < 1.29 is 23.5 Å². The van der Waals surface area contributed by atoms with E-state index in [1.165, 1.54) is 12.1 Å². The standard InChI is InChI=1S/C28H24FN3O4/c1-35-22-11-7-18(8-12-22)10-14-24-25(26(32-28(34)31-24)20-5-3-2-4-6-20)27(33)36-17-19-9-13-23(29)21(15-19)16-30/h2-9,11-13,15,25-26H,10,14,17H2,1H3,(H,32,34). The number of halogens is 1. The smallest absolute Gasteiger partial charge is 0.341 e. The Hall–Kier alpha value is -4.51. The number of esters is 1. The van der Waals surface area contributed by atoms with Gasteiger partial charge in [0.2, 0.25) is 0 Å². The first kappa shape index (κ1) is 24.6. The minimum atomic E-state index is -0.848. The quantitative estimate of drug-likeness (QED) is 0.457. The van der Waals surface area contributed by atoms with Crippen LogP contribution in [0.15, 0.2) is 77.8 Å². The molecule has 2 unspecified atom stereocenters. The lowest BCUT2D eigenvalue weighted by Crippen LogP contribution is -2.45. The zero-order chi connectivity index (χ0) is 25.5. The number of hydrogen-bond acceptors (Lipinski definition) is 5. The lowest BCUT2D eigenvalue weighted by Gasteiger charge is -2.31. The van der Waals surface area contributed by atoms with Crippen LogP contribution in [0.3, 0.4) is 0 Å². The monoisotopic (exact) mass is 485 g/mol. The Morgan fingerprint density at radius 3 is 2.47 bits per heavy atom. The highest BCUT2D eigenvalue weighted by atomic mass is 19.1. The maximum Gasteiger partial charge on any atom is 0.341 e. The molecule has 3 aromatic rings. The van der Waals surface area contributed by atoms with Crippen molar-refractivity contribution in [2.75, 3.05) is 7.11 Å². The normalized spacial score (nSPS) is 16.9. The largest absolute Gasteiger partial charge is 0.497 e. The number of aryl methyl sites for hydroxylation is 1. The van der Waals surface area contributed by atoms with Gasteiger partial charge in [0.25, 0.3) is 0 Å². The molecule has 36 heavy (non-hydrogen) atoms. The second-order valence-electron chi connectivity index (χ2n) is 8.30. The molecular weight excluding hydrogens is 461 g/mol. The molecule has 4 rings (SSSR count). The van der Waals surface area contributed by atoms with Crippen molar-refractivity contribution in [2.24, 2.45) is 10.9 Å². The van der Waals surface area contributed by atoms with Gasteiger partial charge in [0, 0.05) is 5.71 Å². The molecular formula is C28H24FN3O4. The van der Waals surface area contributed by atoms with Crippen LogP contribution in [0.25, 0.3) is 0 Å². The van der Waals surface area contributed by atoms with Crippen LogP contribution in [0.4, 0.5) is 9.18 Å². The first-order valence-electron chi connectivity index (χ1n) is 11.4. The summed E-state index contributed by atoms with van der Waals surface area (Å²) in [4.78, 5) is 30.0. The summed E-state index contributed by atoms with van der Waals surface area (Å²) < 4.78 is 24.4. The zero-order valence-electron chi connectivity index (χ0n) is 19.6. The van der Waals surface area contributed by atoms with Crippen LogP contribution < -0.4 is 10.1 Å². The van der Waals surface area contributed by atoms with Crippen LogP contribution in [0.2, 0.25) is 0 Å². The summed E-state index contributed by atoms with van der Waals surface area (Å²) >= 11 is 0. The Morgan fingerprint density at radius 1 is 1.06 bits per heavy atom. The highest BCUT2D eigenvalue weighted by Crippen LogP contribution is 2.30. The number of amides is 2. The third kappa shape index (κ3) is 5.76. The third-order valence-corrected chi connectivity index (χ3v) is 5.99. The predicted molar refractivity (Wildman–Crippen MR) is 131 cm³/mol. The van der Waals surface area contributed by atoms with Crippen molar-refractivity contribution in [1.29, 1.82) is 5.26 Å². The van der Waals surface area contributed by atoms with Crippen LogP contribution in [-0.2, 0) is 22.6 Å². The second-order valence-corrected chi connectivity index (χ2v) is 8.30. The van der Waals surface area contributed by atoms with Crippen LogP contribution in [0.5, 0.6) is 5.75 Å². The summed E-state index contributed by atoms with van der Waals surface area (Å²) in [5.74, 6) is -1.32. The number of ether oxygens (including phenoxy) is 2. The molecule has 1 N–H and O–H groups in total. The number of carbonyl (C=O) groups is 2. The molecule has 0 saturated carbocycles. The molecule has 0 saturated heterocycles. The van der Waals surface area contributed by atoms with Crippen LogP contribution in [-0.4, -0.2) is 24.8 Å². The maximum atomic E-state index is 13.7. The Morgan fingerprint density at radius 2 is 1.78 bits per heavy atom. The van der Waals surface area contributed by atoms with Gasteiger partial charge in [-0.05, 0) is 53.8 Å². The van der Waals surface area contributed by atoms with Crippen molar-refractivity contribution in [3.05, 3.63) is 101 Å². The van der Waals surface area contributed by atoms with Gasteiger partial charge in [0.15, 0.2) is 0 Å². The Labute approximate surface area is 208 Å². The van der Waals surface area contributed by atoms with Crippen molar-refractivity contribution in [1.82, 2.24) is 5.32 Å². The number of aliphatic imine (C=N–C) groups is 1. The highest BCUT2D eigenvalue weighted by Gasteiger charge is 2.39. The van der Waals surface area contributed by atoms with E-state index in [9.17, 15) is 14.0 Å². The molecule has 0 aliphatic carbocycles. The van der Waals surface area contributed by atoms with Gasteiger partial charge in [-0.25, -0.2) is 14.2 Å². The number of hydrogen-bond donors (Lipinski definition) is 1. The molecule has 7 nitrogen and oxygen atoms in total. The van der Waals surface area contributed by atoms with Gasteiger partial charge in [-0.15, -0.1) is 0 Å². The lowest BCUT2D eigenvalue weighted by atomic mass is 9.85. The van der Waals surface area contributed by atoms with Crippen molar-refractivity contribution in [3.8, 4) is 11.8 Å². The summed E-state index contributed by atoms with van der Waals surface area (Å²) in [6, 6.07) is 21.3. The Kier molecular flexibility index (Phi) is 7.71. The van der Waals surface area contributed by atoms with E-state index in [0.717, 1.165) is 22.9 Å². The minimum Gasteiger partial charge on any atom is -0.497 e. The number of nitrogens with one attached hydrogen (secondary N) is 1. The molecule has 2 atom stereocenters. The summed E-state index contributed by atoms with van der Waals surface area (Å²) in [7, 11) is 1.59. The second kappa shape index (κ2) is 11.3. The summed E-state index contributed by atoms with van der Waals surface area (Å²) in [5.41, 5.74) is 2.53. The number of nitrogens with zero attached hydrogens (tertiary/aromatic N) is 2. The number of nitriles is 1. The SMILES string of the molecule is COc1ccc(CCC2=NC(=O)NC(c3ccccc3)C2C(=O)OCc2ccc(F)c(C#N)c2)cc1. The molecule has 8 heteroatoms. The van der Waals surface area contributed by atoms with E-state index in [4.69, 9.17) is 14.7 Å². The van der Waals surface area contributed by atoms with E-state index in [-0.39, 0.29) is 12.2 Å². The number of urea groups is 1. The van der Waals surface area contributed by atoms with Gasteiger partial charge in [-0.2, -0.15) is 5.26 Å². The fourth-order valence-electron chi connectivity index (χ4n) is 4.12. The fraction of sp³-hybridized carbons (Fsp3) is 0.214. The molecule has 0 bridgehead atoms. The fourth-order valence-corrected chi connectivity index (χ4v) is 4.12. The van der Waals surface area contributed by atoms with Crippen molar-refractivity contribution in [3.63, 3.8) is 0 Å². The summed E-state index contributed by atoms with van der Waals surface area (Å²) in [6.45, 7) is -0.147. The van der Waals surface area contributed by atoms with Crippen molar-refractivity contribution in [2.45, 2.75) is 25.5 Å². The molecule has 1 aliphatic heterocycles. The maximum absolute atomic E-state index is 13.7. The molecule has 0 aromatic heterocycles. The molecule has 0 spiro atoms. The van der Waals surface area contributed by atoms with Gasteiger partial charge >= 0.3 is 12.0 Å². The average molecular weight is 486 g/mol. The van der Waals surface area contributed by atoms with E-state index in [2.05, 4.69) is 10.3 Å². The van der Waals surface area contributed by atoms with Gasteiger partial charge in [0.1, 0.15) is 30.2 Å². The third-order valence-electron chi connectivity index (χ3n) is 5.99. The van der Waals surface area contributed by atoms with Crippen LogP contribution in [0, 0.1) is 23.1 Å². The number of rotatable bonds is 8. The molecule has 0 fully saturated rings. The molecule has 3 aromatic carbocycles. The van der Waals surface area contributed by atoms with Crippen LogP contribution in [0.1, 0.15) is 34.7 Å². The van der Waals surface area contributed by atoms with E-state index < -0.39 is 29.8 Å². The van der Waals surface area contributed by atoms with Gasteiger partial charge in [0.05, 0.1) is 18.7 Å². The predicted octanol–water partition coefficient (Wildman–Crippen LogP) is 4.90. The number of carbonyl (C=O) groups excluding carboxylic acids is 2. The summed E-state index contributed by atoms with van der Waals surface area (Å²) in [6.07, 6.45) is 0.933. The van der Waals surface area contributed by atoms with E-state index in [1.807, 2.05) is 54.6 Å². The average Bonchev–Trinajstić information content (AvgIpc) is 2.91. The minimum absolute atomic E-state index is 0.127. The van der Waals surface area contributed by atoms with E-state index >= 15 is 0 Å². The van der Waals surface area contributed by atoms with Crippen molar-refractivity contribution >= 4 is 17.7 Å².